The lowest BCUT2D eigenvalue weighted by molar-refractivity contribution is 0.313. The molecule has 2 N–H and O–H groups in total. The molecule has 0 saturated carbocycles. The van der Waals surface area contributed by atoms with Crippen molar-refractivity contribution in [3.8, 4) is 17.0 Å². The number of thiophene rings is 1. The van der Waals surface area contributed by atoms with Crippen LogP contribution >= 0.6 is 11.3 Å². The van der Waals surface area contributed by atoms with Crippen molar-refractivity contribution in [1.29, 1.82) is 0 Å². The zero-order valence-corrected chi connectivity index (χ0v) is 18.6. The maximum atomic E-state index is 12.4. The molecular weight excluding hydrogens is 420 g/mol. The number of fused-ring (bicyclic) bond motifs is 1. The zero-order valence-electron chi connectivity index (χ0n) is 17.8. The monoisotopic (exact) mass is 444 g/mol. The molecule has 6 nitrogen and oxygen atoms in total. The first-order chi connectivity index (χ1) is 15.6. The number of piperazine rings is 1. The largest absolute Gasteiger partial charge is 0.494 e. The zero-order chi connectivity index (χ0) is 22.1. The molecule has 5 rings (SSSR count). The molecule has 0 aliphatic carbocycles. The second-order valence-corrected chi connectivity index (χ2v) is 8.83. The Bertz CT molecular complexity index is 1320. The average Bonchev–Trinajstić information content (AvgIpc) is 3.35. The van der Waals surface area contributed by atoms with E-state index in [1.54, 1.807) is 23.6 Å². The quantitative estimate of drug-likeness (QED) is 0.456. The fraction of sp³-hybridized carbons (Fsp3) is 0.200. The number of aromatic hydroxyl groups is 1. The predicted octanol–water partition coefficient (Wildman–Crippen LogP) is 4.46. The summed E-state index contributed by atoms with van der Waals surface area (Å²) in [4.78, 5) is 24.2. The van der Waals surface area contributed by atoms with Gasteiger partial charge in [-0.2, -0.15) is 11.3 Å². The van der Waals surface area contributed by atoms with Gasteiger partial charge in [-0.1, -0.05) is 6.07 Å². The molecule has 1 saturated heterocycles. The molecule has 0 spiro atoms. The highest BCUT2D eigenvalue weighted by atomic mass is 32.1. The van der Waals surface area contributed by atoms with Gasteiger partial charge in [0.1, 0.15) is 0 Å². The number of hydrogen-bond acceptors (Lipinski definition) is 6. The van der Waals surface area contributed by atoms with Crippen LogP contribution in [-0.2, 0) is 0 Å². The molecular formula is C25H24N4O2S. The van der Waals surface area contributed by atoms with Crippen LogP contribution in [0.1, 0.15) is 5.56 Å². The lowest BCUT2D eigenvalue weighted by atomic mass is 10.0. The van der Waals surface area contributed by atoms with Crippen molar-refractivity contribution in [2.75, 3.05) is 38.1 Å². The number of rotatable bonds is 4. The third kappa shape index (κ3) is 4.04. The lowest BCUT2D eigenvalue weighted by Gasteiger charge is -2.34. The summed E-state index contributed by atoms with van der Waals surface area (Å²) in [6.45, 7) is 4.16. The minimum Gasteiger partial charge on any atom is -0.494 e. The number of pyridine rings is 1. The van der Waals surface area contributed by atoms with Crippen molar-refractivity contribution in [3.63, 3.8) is 0 Å². The molecule has 0 amide bonds. The first-order valence-electron chi connectivity index (χ1n) is 10.6. The Balaban J connectivity index is 1.46. The molecule has 1 fully saturated rings. The molecule has 0 unspecified atom stereocenters. The minimum absolute atomic E-state index is 0.178. The summed E-state index contributed by atoms with van der Waals surface area (Å²) in [5, 5.41) is 15.7. The molecule has 1 aliphatic heterocycles. The van der Waals surface area contributed by atoms with Gasteiger partial charge in [0.05, 0.1) is 11.3 Å². The van der Waals surface area contributed by atoms with E-state index in [1.165, 1.54) is 5.69 Å². The fourth-order valence-corrected chi connectivity index (χ4v) is 4.69. The van der Waals surface area contributed by atoms with Crippen molar-refractivity contribution < 1.29 is 5.11 Å². The Kier molecular flexibility index (Phi) is 5.51. The minimum atomic E-state index is -0.317. The van der Waals surface area contributed by atoms with Gasteiger partial charge in [0.2, 0.25) is 5.88 Å². The number of aromatic nitrogens is 1. The Morgan fingerprint density at radius 1 is 1.00 bits per heavy atom. The molecule has 4 aromatic rings. The van der Waals surface area contributed by atoms with Gasteiger partial charge in [0, 0.05) is 48.9 Å². The normalized spacial score (nSPS) is 15.1. The Labute approximate surface area is 190 Å². The van der Waals surface area contributed by atoms with E-state index in [0.29, 0.717) is 16.3 Å². The van der Waals surface area contributed by atoms with Crippen molar-refractivity contribution >= 4 is 39.7 Å². The van der Waals surface area contributed by atoms with Crippen molar-refractivity contribution in [1.82, 2.24) is 9.88 Å². The van der Waals surface area contributed by atoms with Gasteiger partial charge in [-0.05, 0) is 71.4 Å². The van der Waals surface area contributed by atoms with Crippen LogP contribution in [0.3, 0.4) is 0 Å². The number of hydrogen-bond donors (Lipinski definition) is 2. The van der Waals surface area contributed by atoms with Crippen molar-refractivity contribution in [2.45, 2.75) is 0 Å². The first kappa shape index (κ1) is 20.5. The molecule has 2 aromatic carbocycles. The second kappa shape index (κ2) is 8.61. The van der Waals surface area contributed by atoms with Crippen LogP contribution in [0, 0.1) is 0 Å². The molecule has 0 radical (unpaired) electrons. The highest BCUT2D eigenvalue weighted by Crippen LogP contribution is 2.29. The van der Waals surface area contributed by atoms with E-state index in [1.807, 2.05) is 35.7 Å². The molecule has 32 heavy (non-hydrogen) atoms. The van der Waals surface area contributed by atoms with Gasteiger partial charge in [-0.25, -0.2) is 0 Å². The summed E-state index contributed by atoms with van der Waals surface area (Å²) in [7, 11) is 2.15. The SMILES string of the molecule is CN1CCN(c2ccc(N=Cc3c(O)[nH]c(=O)c4ccc(-c5ccsc5)cc34)cc2)CC1. The van der Waals surface area contributed by atoms with Crippen LogP contribution in [0.25, 0.3) is 21.9 Å². The number of aliphatic imine (C=N–C) groups is 1. The number of aromatic amines is 1. The maximum Gasteiger partial charge on any atom is 0.258 e. The molecule has 3 heterocycles. The highest BCUT2D eigenvalue weighted by molar-refractivity contribution is 7.08. The maximum absolute atomic E-state index is 12.4. The second-order valence-electron chi connectivity index (χ2n) is 8.05. The van der Waals surface area contributed by atoms with Crippen molar-refractivity contribution in [2.24, 2.45) is 4.99 Å². The van der Waals surface area contributed by atoms with Crippen LogP contribution in [-0.4, -0.2) is 54.4 Å². The summed E-state index contributed by atoms with van der Waals surface area (Å²) < 4.78 is 0. The Hall–Kier alpha value is -3.42. The van der Waals surface area contributed by atoms with Gasteiger partial charge in [0.15, 0.2) is 0 Å². The number of benzene rings is 2. The van der Waals surface area contributed by atoms with Crippen LogP contribution in [0.15, 0.2) is 69.1 Å². The smallest absolute Gasteiger partial charge is 0.258 e. The fourth-order valence-electron chi connectivity index (χ4n) is 4.03. The van der Waals surface area contributed by atoms with Crippen LogP contribution in [0.5, 0.6) is 5.88 Å². The third-order valence-electron chi connectivity index (χ3n) is 5.96. The summed E-state index contributed by atoms with van der Waals surface area (Å²) in [5.41, 5.74) is 4.24. The molecule has 7 heteroatoms. The molecule has 0 atom stereocenters. The van der Waals surface area contributed by atoms with Crippen molar-refractivity contribution in [3.05, 3.63) is 75.2 Å². The van der Waals surface area contributed by atoms with E-state index in [9.17, 15) is 9.90 Å². The number of nitrogens with zero attached hydrogens (tertiary/aromatic N) is 3. The van der Waals surface area contributed by atoms with E-state index in [-0.39, 0.29) is 11.4 Å². The van der Waals surface area contributed by atoms with Gasteiger partial charge < -0.3 is 14.9 Å². The number of likely N-dealkylation sites (N-methyl/N-ethyl adjacent to an activating group) is 1. The Morgan fingerprint density at radius 3 is 2.50 bits per heavy atom. The molecule has 1 aliphatic rings. The van der Waals surface area contributed by atoms with Gasteiger partial charge in [0.25, 0.3) is 5.56 Å². The van der Waals surface area contributed by atoms with Crippen LogP contribution in [0.4, 0.5) is 11.4 Å². The number of H-pyrrole nitrogens is 1. The summed E-state index contributed by atoms with van der Waals surface area (Å²) in [6, 6.07) is 15.8. The van der Waals surface area contributed by atoms with Gasteiger partial charge >= 0.3 is 0 Å². The summed E-state index contributed by atoms with van der Waals surface area (Å²) in [6.07, 6.45) is 1.62. The van der Waals surface area contributed by atoms with Gasteiger partial charge in [-0.3, -0.25) is 14.8 Å². The van der Waals surface area contributed by atoms with E-state index in [2.05, 4.69) is 44.3 Å². The average molecular weight is 445 g/mol. The van der Waals surface area contributed by atoms with Gasteiger partial charge in [-0.15, -0.1) is 0 Å². The lowest BCUT2D eigenvalue weighted by Crippen LogP contribution is -2.44. The van der Waals surface area contributed by atoms with E-state index in [0.717, 1.165) is 43.0 Å². The van der Waals surface area contributed by atoms with Crippen LogP contribution in [0.2, 0.25) is 0 Å². The predicted molar refractivity (Wildman–Crippen MR) is 133 cm³/mol. The standard InChI is InChI=1S/C25H24N4O2S/c1-28-9-11-29(12-10-28)20-5-3-19(4-6-20)26-15-23-22-14-17(18-8-13-32-16-18)2-7-21(22)24(30)27-25(23)31/h2-8,13-16H,9-12H2,1H3,(H2,27,30,31). The number of nitrogens with one attached hydrogen (secondary N) is 1. The summed E-state index contributed by atoms with van der Waals surface area (Å²) in [5.74, 6) is -0.178. The van der Waals surface area contributed by atoms with E-state index >= 15 is 0 Å². The summed E-state index contributed by atoms with van der Waals surface area (Å²) >= 11 is 1.62. The van der Waals surface area contributed by atoms with E-state index < -0.39 is 0 Å². The first-order valence-corrected chi connectivity index (χ1v) is 11.5. The number of anilines is 1. The third-order valence-corrected chi connectivity index (χ3v) is 6.64. The van der Waals surface area contributed by atoms with Crippen LogP contribution < -0.4 is 10.5 Å². The topological polar surface area (TPSA) is 71.9 Å². The highest BCUT2D eigenvalue weighted by Gasteiger charge is 2.14. The Morgan fingerprint density at radius 2 is 1.78 bits per heavy atom. The van der Waals surface area contributed by atoms with E-state index in [4.69, 9.17) is 0 Å². The molecule has 2 aromatic heterocycles. The molecule has 162 valence electrons. The molecule has 0 bridgehead atoms.